The van der Waals surface area contributed by atoms with Crippen LogP contribution in [0.3, 0.4) is 0 Å². The molecule has 0 fully saturated rings. The van der Waals surface area contributed by atoms with E-state index in [1.165, 1.54) is 5.39 Å². The molecule has 0 saturated heterocycles. The molecule has 0 aliphatic carbocycles. The lowest BCUT2D eigenvalue weighted by molar-refractivity contribution is 1.23. The summed E-state index contributed by atoms with van der Waals surface area (Å²) in [5.74, 6) is 1.58. The first-order valence-electron chi connectivity index (χ1n) is 7.48. The standard InChI is InChI=1S/C18H20N4S/c1-5-13(23-4)10-19-17-12(3)21-18(22-17)16-11(2)20-15-9-7-6-8-14(15)16/h5-10,13,20H,1H2,2-4H3,(H,21,22). The first-order chi connectivity index (χ1) is 11.1. The van der Waals surface area contributed by atoms with Gasteiger partial charge in [-0.25, -0.2) is 9.98 Å². The second-order valence-corrected chi connectivity index (χ2v) is 6.43. The molecule has 0 spiro atoms. The number of fused-ring (bicyclic) bond motifs is 1. The number of benzene rings is 1. The van der Waals surface area contributed by atoms with Gasteiger partial charge in [-0.15, -0.1) is 6.58 Å². The Hall–Kier alpha value is -2.27. The molecule has 0 aliphatic rings. The number of rotatable bonds is 5. The molecule has 118 valence electrons. The van der Waals surface area contributed by atoms with Gasteiger partial charge in [-0.2, -0.15) is 11.8 Å². The Labute approximate surface area is 140 Å². The highest BCUT2D eigenvalue weighted by atomic mass is 32.2. The fraction of sp³-hybridized carbons (Fsp3) is 0.222. The average molecular weight is 324 g/mol. The Morgan fingerprint density at radius 2 is 2.00 bits per heavy atom. The van der Waals surface area contributed by atoms with Crippen molar-refractivity contribution < 1.29 is 0 Å². The molecule has 0 aliphatic heterocycles. The summed E-state index contributed by atoms with van der Waals surface area (Å²) in [6, 6.07) is 8.26. The number of imidazole rings is 1. The fourth-order valence-electron chi connectivity index (χ4n) is 2.64. The molecule has 3 rings (SSSR count). The van der Waals surface area contributed by atoms with Gasteiger partial charge in [0.2, 0.25) is 0 Å². The van der Waals surface area contributed by atoms with E-state index < -0.39 is 0 Å². The lowest BCUT2D eigenvalue weighted by atomic mass is 10.1. The van der Waals surface area contributed by atoms with E-state index in [4.69, 9.17) is 0 Å². The lowest BCUT2D eigenvalue weighted by Crippen LogP contribution is -1.97. The predicted octanol–water partition coefficient (Wildman–Crippen LogP) is 4.79. The number of aromatic amines is 2. The van der Waals surface area contributed by atoms with Gasteiger partial charge < -0.3 is 9.97 Å². The Morgan fingerprint density at radius 3 is 2.74 bits per heavy atom. The highest BCUT2D eigenvalue weighted by Gasteiger charge is 2.15. The zero-order valence-corrected chi connectivity index (χ0v) is 14.4. The van der Waals surface area contributed by atoms with Crippen LogP contribution in [0, 0.1) is 13.8 Å². The Morgan fingerprint density at radius 1 is 1.22 bits per heavy atom. The molecule has 0 amide bonds. The van der Waals surface area contributed by atoms with Gasteiger partial charge in [0.15, 0.2) is 5.82 Å². The number of aryl methyl sites for hydroxylation is 2. The molecule has 0 saturated carbocycles. The van der Waals surface area contributed by atoms with Gasteiger partial charge >= 0.3 is 0 Å². The maximum absolute atomic E-state index is 4.69. The number of hydrogen-bond acceptors (Lipinski definition) is 3. The molecule has 1 aromatic carbocycles. The molecular formula is C18H20N4S. The second kappa shape index (κ2) is 6.46. The van der Waals surface area contributed by atoms with Gasteiger partial charge in [0.25, 0.3) is 0 Å². The van der Waals surface area contributed by atoms with E-state index in [1.54, 1.807) is 11.8 Å². The lowest BCUT2D eigenvalue weighted by Gasteiger charge is -1.99. The molecule has 3 aromatic rings. The van der Waals surface area contributed by atoms with Crippen molar-refractivity contribution in [2.24, 2.45) is 4.99 Å². The molecule has 2 N–H and O–H groups in total. The smallest absolute Gasteiger partial charge is 0.173 e. The van der Waals surface area contributed by atoms with Crippen molar-refractivity contribution in [3.8, 4) is 11.4 Å². The summed E-state index contributed by atoms with van der Waals surface area (Å²) >= 11 is 1.69. The van der Waals surface area contributed by atoms with Gasteiger partial charge in [-0.1, -0.05) is 24.3 Å². The van der Waals surface area contributed by atoms with Crippen LogP contribution in [0.15, 0.2) is 41.9 Å². The summed E-state index contributed by atoms with van der Waals surface area (Å²) in [6.07, 6.45) is 5.80. The number of aromatic nitrogens is 3. The van der Waals surface area contributed by atoms with Gasteiger partial charge in [0.05, 0.1) is 10.9 Å². The monoisotopic (exact) mass is 324 g/mol. The van der Waals surface area contributed by atoms with E-state index in [-0.39, 0.29) is 5.25 Å². The minimum atomic E-state index is 0.198. The predicted molar refractivity (Wildman–Crippen MR) is 101 cm³/mol. The minimum Gasteiger partial charge on any atom is -0.358 e. The van der Waals surface area contributed by atoms with Gasteiger partial charge in [-0.3, -0.25) is 0 Å². The number of hydrogen-bond donors (Lipinski definition) is 2. The van der Waals surface area contributed by atoms with E-state index >= 15 is 0 Å². The third-order valence-corrected chi connectivity index (χ3v) is 4.70. The highest BCUT2D eigenvalue weighted by molar-refractivity contribution is 8.00. The van der Waals surface area contributed by atoms with Crippen LogP contribution in [0.2, 0.25) is 0 Å². The number of H-pyrrole nitrogens is 2. The molecule has 1 unspecified atom stereocenters. The van der Waals surface area contributed by atoms with Gasteiger partial charge in [0.1, 0.15) is 5.82 Å². The topological polar surface area (TPSA) is 56.8 Å². The van der Waals surface area contributed by atoms with E-state index in [0.717, 1.165) is 34.1 Å². The first-order valence-corrected chi connectivity index (χ1v) is 8.76. The van der Waals surface area contributed by atoms with E-state index in [2.05, 4.69) is 45.6 Å². The third kappa shape index (κ3) is 2.97. The molecule has 2 heterocycles. The second-order valence-electron chi connectivity index (χ2n) is 5.42. The van der Waals surface area contributed by atoms with Crippen LogP contribution in [0.25, 0.3) is 22.3 Å². The van der Waals surface area contributed by atoms with Crippen molar-refractivity contribution in [1.82, 2.24) is 15.0 Å². The zero-order valence-electron chi connectivity index (χ0n) is 13.6. The molecule has 1 atom stereocenters. The number of nitrogens with one attached hydrogen (secondary N) is 2. The number of para-hydroxylation sites is 1. The number of aliphatic imine (C=N–C) groups is 1. The molecule has 23 heavy (non-hydrogen) atoms. The molecule has 0 radical (unpaired) electrons. The minimum absolute atomic E-state index is 0.198. The summed E-state index contributed by atoms with van der Waals surface area (Å²) in [5.41, 5.74) is 4.29. The van der Waals surface area contributed by atoms with Crippen molar-refractivity contribution >= 4 is 34.7 Å². The number of thioether (sulfide) groups is 1. The fourth-order valence-corrected chi connectivity index (χ4v) is 3.01. The third-order valence-electron chi connectivity index (χ3n) is 3.84. The van der Waals surface area contributed by atoms with Crippen LogP contribution >= 0.6 is 11.8 Å². The Balaban J connectivity index is 2.03. The highest BCUT2D eigenvalue weighted by Crippen LogP contribution is 2.32. The van der Waals surface area contributed by atoms with Gasteiger partial charge in [-0.05, 0) is 26.2 Å². The molecule has 4 nitrogen and oxygen atoms in total. The van der Waals surface area contributed by atoms with Crippen molar-refractivity contribution in [3.63, 3.8) is 0 Å². The van der Waals surface area contributed by atoms with Crippen molar-refractivity contribution in [3.05, 3.63) is 48.3 Å². The molecule has 0 bridgehead atoms. The summed E-state index contributed by atoms with van der Waals surface area (Å²) in [4.78, 5) is 16.0. The summed E-state index contributed by atoms with van der Waals surface area (Å²) in [6.45, 7) is 7.88. The average Bonchev–Trinajstić information content (AvgIpc) is 3.07. The maximum Gasteiger partial charge on any atom is 0.173 e. The molecule has 5 heteroatoms. The van der Waals surface area contributed by atoms with Crippen molar-refractivity contribution in [2.45, 2.75) is 19.1 Å². The van der Waals surface area contributed by atoms with Crippen molar-refractivity contribution in [2.75, 3.05) is 6.26 Å². The van der Waals surface area contributed by atoms with E-state index in [0.29, 0.717) is 0 Å². The summed E-state index contributed by atoms with van der Waals surface area (Å²) in [5, 5.41) is 1.37. The van der Waals surface area contributed by atoms with E-state index in [1.807, 2.05) is 37.6 Å². The number of nitrogens with zero attached hydrogens (tertiary/aromatic N) is 2. The van der Waals surface area contributed by atoms with Crippen LogP contribution in [0.4, 0.5) is 5.82 Å². The largest absolute Gasteiger partial charge is 0.358 e. The van der Waals surface area contributed by atoms with Gasteiger partial charge in [0, 0.05) is 28.4 Å². The van der Waals surface area contributed by atoms with Crippen LogP contribution in [0.1, 0.15) is 11.4 Å². The summed E-state index contributed by atoms with van der Waals surface area (Å²) in [7, 11) is 0. The normalized spacial score (nSPS) is 13.0. The maximum atomic E-state index is 4.69. The van der Waals surface area contributed by atoms with Crippen LogP contribution in [-0.2, 0) is 0 Å². The molecular weight excluding hydrogens is 304 g/mol. The first kappa shape index (κ1) is 15.6. The zero-order chi connectivity index (χ0) is 16.4. The molecule has 2 aromatic heterocycles. The summed E-state index contributed by atoms with van der Waals surface area (Å²) < 4.78 is 0. The van der Waals surface area contributed by atoms with Crippen LogP contribution in [0.5, 0.6) is 0 Å². The van der Waals surface area contributed by atoms with Crippen LogP contribution < -0.4 is 0 Å². The van der Waals surface area contributed by atoms with E-state index in [9.17, 15) is 0 Å². The van der Waals surface area contributed by atoms with Crippen molar-refractivity contribution in [1.29, 1.82) is 0 Å². The van der Waals surface area contributed by atoms with Crippen LogP contribution in [-0.4, -0.2) is 32.7 Å². The SMILES string of the molecule is C=CC(C=Nc1nc(-c2c(C)[nH]c3ccccc23)[nH]c1C)SC. The quantitative estimate of drug-likeness (QED) is 0.523. The Bertz CT molecular complexity index is 872. The Kier molecular flexibility index (Phi) is 4.39.